The molecule has 0 spiro atoms. The highest BCUT2D eigenvalue weighted by Crippen LogP contribution is 2.30. The molecule has 2 aromatic rings. The van der Waals surface area contributed by atoms with Gasteiger partial charge in [0.1, 0.15) is 12.9 Å². The van der Waals surface area contributed by atoms with Crippen LogP contribution in [0.1, 0.15) is 42.1 Å². The van der Waals surface area contributed by atoms with Crippen LogP contribution in [0, 0.1) is 0 Å². The lowest BCUT2D eigenvalue weighted by molar-refractivity contribution is 0.112. The number of hydrogen-bond acceptors (Lipinski definition) is 6. The molecule has 0 fully saturated rings. The van der Waals surface area contributed by atoms with Crippen molar-refractivity contribution in [3.63, 3.8) is 0 Å². The van der Waals surface area contributed by atoms with E-state index in [1.165, 1.54) is 18.2 Å². The lowest BCUT2D eigenvalue weighted by Gasteiger charge is -2.13. The molecule has 6 nitrogen and oxygen atoms in total. The van der Waals surface area contributed by atoms with Crippen LogP contribution in [0.5, 0.6) is 11.5 Å². The second-order valence-corrected chi connectivity index (χ2v) is 6.84. The first-order valence-corrected chi connectivity index (χ1v) is 9.72. The Labute approximate surface area is 154 Å². The predicted octanol–water partition coefficient (Wildman–Crippen LogP) is 3.91. The van der Waals surface area contributed by atoms with Gasteiger partial charge < -0.3 is 8.92 Å². The first kappa shape index (κ1) is 19.9. The van der Waals surface area contributed by atoms with Gasteiger partial charge in [0, 0.05) is 5.56 Å². The van der Waals surface area contributed by atoms with Gasteiger partial charge in [-0.15, -0.1) is 0 Å². The van der Waals surface area contributed by atoms with Crippen LogP contribution in [-0.4, -0.2) is 21.3 Å². The van der Waals surface area contributed by atoms with E-state index in [1.807, 2.05) is 37.3 Å². The van der Waals surface area contributed by atoms with Crippen LogP contribution in [0.3, 0.4) is 0 Å². The van der Waals surface area contributed by atoms with Gasteiger partial charge in [-0.25, -0.2) is 4.18 Å². The minimum atomic E-state index is -4.24. The zero-order valence-corrected chi connectivity index (χ0v) is 15.4. The standard InChI is InChI=1S/C19H22O6S/c1-2-3-7-12-24-26(21,22)25-19-13-17(14-20)10-11-18(19)23-15-16-8-5-4-6-9-16/h4-6,8-11,13-14H,2-3,7,12,15H2,1H3. The van der Waals surface area contributed by atoms with Crippen molar-refractivity contribution in [1.29, 1.82) is 0 Å². The highest BCUT2D eigenvalue weighted by molar-refractivity contribution is 7.82. The van der Waals surface area contributed by atoms with Gasteiger partial charge in [0.05, 0.1) is 6.61 Å². The second-order valence-electron chi connectivity index (χ2n) is 5.62. The summed E-state index contributed by atoms with van der Waals surface area (Å²) in [6.07, 6.45) is 3.03. The lowest BCUT2D eigenvalue weighted by atomic mass is 10.2. The van der Waals surface area contributed by atoms with Gasteiger partial charge in [-0.2, -0.15) is 8.42 Å². The average molecular weight is 378 g/mol. The Kier molecular flexibility index (Phi) is 7.62. The summed E-state index contributed by atoms with van der Waals surface area (Å²) in [5.41, 5.74) is 1.19. The number of rotatable bonds is 11. The zero-order valence-electron chi connectivity index (χ0n) is 14.6. The molecule has 0 atom stereocenters. The van der Waals surface area contributed by atoms with Gasteiger partial charge in [0.25, 0.3) is 0 Å². The molecule has 2 aromatic carbocycles. The van der Waals surface area contributed by atoms with Crippen molar-refractivity contribution in [2.24, 2.45) is 0 Å². The summed E-state index contributed by atoms with van der Waals surface area (Å²) in [6, 6.07) is 13.7. The normalized spacial score (nSPS) is 11.1. The van der Waals surface area contributed by atoms with Gasteiger partial charge >= 0.3 is 10.4 Å². The molecule has 0 N–H and O–H groups in total. The molecule has 0 radical (unpaired) electrons. The van der Waals surface area contributed by atoms with Crippen molar-refractivity contribution in [2.75, 3.05) is 6.61 Å². The summed E-state index contributed by atoms with van der Waals surface area (Å²) in [7, 11) is -4.24. The van der Waals surface area contributed by atoms with E-state index in [9.17, 15) is 13.2 Å². The van der Waals surface area contributed by atoms with Crippen LogP contribution in [0.25, 0.3) is 0 Å². The highest BCUT2D eigenvalue weighted by atomic mass is 32.3. The fourth-order valence-electron chi connectivity index (χ4n) is 2.16. The molecule has 0 aliphatic rings. The van der Waals surface area contributed by atoms with Gasteiger partial charge in [-0.3, -0.25) is 4.79 Å². The quantitative estimate of drug-likeness (QED) is 0.436. The van der Waals surface area contributed by atoms with E-state index in [-0.39, 0.29) is 30.3 Å². The number of benzene rings is 2. The Morgan fingerprint density at radius 3 is 2.46 bits per heavy atom. The van der Waals surface area contributed by atoms with E-state index >= 15 is 0 Å². The molecule has 0 amide bonds. The summed E-state index contributed by atoms with van der Waals surface area (Å²) in [5.74, 6) is 0.126. The molecule has 2 rings (SSSR count). The van der Waals surface area contributed by atoms with Crippen molar-refractivity contribution in [1.82, 2.24) is 0 Å². The summed E-state index contributed by atoms with van der Waals surface area (Å²) in [6.45, 7) is 2.28. The number of hydrogen-bond donors (Lipinski definition) is 0. The third-order valence-corrected chi connectivity index (χ3v) is 4.35. The molecule has 140 valence electrons. The fraction of sp³-hybridized carbons (Fsp3) is 0.316. The Bertz CT molecular complexity index is 802. The van der Waals surface area contributed by atoms with E-state index in [0.29, 0.717) is 12.7 Å². The van der Waals surface area contributed by atoms with E-state index in [4.69, 9.17) is 13.1 Å². The van der Waals surface area contributed by atoms with E-state index in [2.05, 4.69) is 0 Å². The first-order chi connectivity index (χ1) is 12.5. The molecule has 0 saturated carbocycles. The predicted molar refractivity (Wildman–Crippen MR) is 97.6 cm³/mol. The number of ether oxygens (including phenoxy) is 1. The van der Waals surface area contributed by atoms with E-state index in [1.54, 1.807) is 0 Å². The van der Waals surface area contributed by atoms with Crippen LogP contribution in [-0.2, 0) is 21.2 Å². The topological polar surface area (TPSA) is 78.9 Å². The number of aldehydes is 1. The minimum absolute atomic E-state index is 0.0454. The Hall–Kier alpha value is -2.38. The Morgan fingerprint density at radius 1 is 1.00 bits per heavy atom. The van der Waals surface area contributed by atoms with Crippen molar-refractivity contribution in [2.45, 2.75) is 32.8 Å². The first-order valence-electron chi connectivity index (χ1n) is 8.39. The van der Waals surface area contributed by atoms with E-state index in [0.717, 1.165) is 18.4 Å². The molecular weight excluding hydrogens is 356 g/mol. The van der Waals surface area contributed by atoms with Gasteiger partial charge in [0.2, 0.25) is 0 Å². The maximum absolute atomic E-state index is 12.0. The van der Waals surface area contributed by atoms with Crippen molar-refractivity contribution < 1.29 is 26.3 Å². The summed E-state index contributed by atoms with van der Waals surface area (Å²) >= 11 is 0. The van der Waals surface area contributed by atoms with Crippen LogP contribution in [0.4, 0.5) is 0 Å². The molecule has 0 aliphatic heterocycles. The molecule has 0 unspecified atom stereocenters. The summed E-state index contributed by atoms with van der Waals surface area (Å²) in [5, 5.41) is 0. The van der Waals surface area contributed by atoms with Crippen molar-refractivity contribution >= 4 is 16.7 Å². The minimum Gasteiger partial charge on any atom is -0.485 e. The molecule has 7 heteroatoms. The van der Waals surface area contributed by atoms with Crippen LogP contribution < -0.4 is 8.92 Å². The van der Waals surface area contributed by atoms with Crippen molar-refractivity contribution in [3.8, 4) is 11.5 Å². The van der Waals surface area contributed by atoms with Gasteiger partial charge in [0.15, 0.2) is 11.5 Å². The summed E-state index contributed by atoms with van der Waals surface area (Å²) in [4.78, 5) is 11.0. The molecule has 0 heterocycles. The third-order valence-electron chi connectivity index (χ3n) is 3.51. The highest BCUT2D eigenvalue weighted by Gasteiger charge is 2.18. The maximum atomic E-state index is 12.0. The van der Waals surface area contributed by atoms with E-state index < -0.39 is 10.4 Å². The molecule has 0 saturated heterocycles. The largest absolute Gasteiger partial charge is 0.485 e. The number of carbonyl (C=O) groups excluding carboxylic acids is 1. The maximum Gasteiger partial charge on any atom is 0.449 e. The van der Waals surface area contributed by atoms with Gasteiger partial charge in [-0.1, -0.05) is 50.1 Å². The molecule has 0 aromatic heterocycles. The zero-order chi connectivity index (χ0) is 18.8. The van der Waals surface area contributed by atoms with Crippen molar-refractivity contribution in [3.05, 3.63) is 59.7 Å². The average Bonchev–Trinajstić information content (AvgIpc) is 2.64. The molecule has 0 aliphatic carbocycles. The van der Waals surface area contributed by atoms with Gasteiger partial charge in [-0.05, 0) is 30.2 Å². The number of carbonyl (C=O) groups is 1. The number of unbranched alkanes of at least 4 members (excludes halogenated alkanes) is 2. The van der Waals surface area contributed by atoms with Crippen LogP contribution in [0.2, 0.25) is 0 Å². The molecule has 26 heavy (non-hydrogen) atoms. The molecular formula is C19H22O6S. The Balaban J connectivity index is 2.10. The smallest absolute Gasteiger partial charge is 0.449 e. The third kappa shape index (κ3) is 6.50. The lowest BCUT2D eigenvalue weighted by Crippen LogP contribution is -2.15. The van der Waals surface area contributed by atoms with Crippen LogP contribution in [0.15, 0.2) is 48.5 Å². The Morgan fingerprint density at radius 2 is 1.77 bits per heavy atom. The second kappa shape index (κ2) is 9.94. The fourth-order valence-corrected chi connectivity index (χ4v) is 2.88. The summed E-state index contributed by atoms with van der Waals surface area (Å²) < 4.78 is 39.5. The SMILES string of the molecule is CCCCCOS(=O)(=O)Oc1cc(C=O)ccc1OCc1ccccc1. The molecule has 0 bridgehead atoms. The monoisotopic (exact) mass is 378 g/mol. The van der Waals surface area contributed by atoms with Crippen LogP contribution >= 0.6 is 0 Å².